The predicted octanol–water partition coefficient (Wildman–Crippen LogP) is 0.0909. The van der Waals surface area contributed by atoms with Gasteiger partial charge in [-0.3, -0.25) is 0 Å². The monoisotopic (exact) mass is 198 g/mol. The second kappa shape index (κ2) is 4.78. The molecule has 0 saturated heterocycles. The van der Waals surface area contributed by atoms with E-state index in [9.17, 15) is 0 Å². The molecule has 1 heterocycles. The topological polar surface area (TPSA) is 77.6 Å². The van der Waals surface area contributed by atoms with Gasteiger partial charge in [0, 0.05) is 12.1 Å². The molecule has 1 rings (SSSR count). The molecule has 78 valence electrons. The van der Waals surface area contributed by atoms with Crippen molar-refractivity contribution in [2.75, 3.05) is 20.8 Å². The third-order valence-corrected chi connectivity index (χ3v) is 1.84. The van der Waals surface area contributed by atoms with Gasteiger partial charge in [-0.25, -0.2) is 0 Å². The molecule has 5 heteroatoms. The van der Waals surface area contributed by atoms with Crippen LogP contribution < -0.4 is 15.2 Å². The van der Waals surface area contributed by atoms with Gasteiger partial charge >= 0.3 is 0 Å². The lowest BCUT2D eigenvalue weighted by Crippen LogP contribution is -2.14. The van der Waals surface area contributed by atoms with Crippen molar-refractivity contribution in [1.82, 2.24) is 4.98 Å². The summed E-state index contributed by atoms with van der Waals surface area (Å²) in [7, 11) is 3.02. The number of hydrogen-bond donors (Lipinski definition) is 2. The van der Waals surface area contributed by atoms with E-state index in [1.54, 1.807) is 12.1 Å². The second-order valence-corrected chi connectivity index (χ2v) is 2.77. The van der Waals surface area contributed by atoms with Gasteiger partial charge in [0.05, 0.1) is 26.9 Å². The third-order valence-electron chi connectivity index (χ3n) is 1.84. The lowest BCUT2D eigenvalue weighted by molar-refractivity contribution is 0.267. The highest BCUT2D eigenvalue weighted by atomic mass is 16.5. The van der Waals surface area contributed by atoms with E-state index in [2.05, 4.69) is 4.98 Å². The summed E-state index contributed by atoms with van der Waals surface area (Å²) in [5.74, 6) is 0.839. The molecule has 0 aromatic carbocycles. The minimum Gasteiger partial charge on any atom is -0.481 e. The molecule has 14 heavy (non-hydrogen) atoms. The van der Waals surface area contributed by atoms with Gasteiger partial charge in [0.2, 0.25) is 11.8 Å². The molecule has 0 aliphatic heterocycles. The molecule has 0 bridgehead atoms. The van der Waals surface area contributed by atoms with E-state index in [-0.39, 0.29) is 6.61 Å². The number of methoxy groups -OCH3 is 2. The predicted molar refractivity (Wildman–Crippen MR) is 51.4 cm³/mol. The first kappa shape index (κ1) is 10.7. The van der Waals surface area contributed by atoms with Gasteiger partial charge in [0.25, 0.3) is 0 Å². The maximum Gasteiger partial charge on any atom is 0.216 e. The molecule has 1 unspecified atom stereocenters. The largest absolute Gasteiger partial charge is 0.481 e. The van der Waals surface area contributed by atoms with E-state index in [1.165, 1.54) is 14.2 Å². The van der Waals surface area contributed by atoms with Crippen molar-refractivity contribution in [2.24, 2.45) is 5.73 Å². The number of rotatable bonds is 4. The highest BCUT2D eigenvalue weighted by Crippen LogP contribution is 2.21. The van der Waals surface area contributed by atoms with Gasteiger partial charge in [-0.15, -0.1) is 0 Å². The van der Waals surface area contributed by atoms with Crippen LogP contribution in [-0.2, 0) is 0 Å². The second-order valence-electron chi connectivity index (χ2n) is 2.77. The quantitative estimate of drug-likeness (QED) is 0.717. The van der Waals surface area contributed by atoms with Crippen LogP contribution in [0, 0.1) is 0 Å². The van der Waals surface area contributed by atoms with Crippen molar-refractivity contribution in [3.63, 3.8) is 0 Å². The summed E-state index contributed by atoms with van der Waals surface area (Å²) in [6, 6.07) is 2.90. The number of aliphatic hydroxyl groups excluding tert-OH is 1. The van der Waals surface area contributed by atoms with Crippen LogP contribution >= 0.6 is 0 Å². The highest BCUT2D eigenvalue weighted by Gasteiger charge is 2.09. The molecule has 0 radical (unpaired) electrons. The molecular formula is C9H14N2O3. The zero-order chi connectivity index (χ0) is 10.6. The summed E-state index contributed by atoms with van der Waals surface area (Å²) in [5, 5.41) is 8.89. The summed E-state index contributed by atoms with van der Waals surface area (Å²) in [5.41, 5.74) is 6.39. The highest BCUT2D eigenvalue weighted by molar-refractivity contribution is 5.30. The first-order valence-corrected chi connectivity index (χ1v) is 4.17. The van der Waals surface area contributed by atoms with Crippen molar-refractivity contribution in [3.05, 3.63) is 17.7 Å². The van der Waals surface area contributed by atoms with Gasteiger partial charge in [-0.1, -0.05) is 0 Å². The van der Waals surface area contributed by atoms with Crippen molar-refractivity contribution in [1.29, 1.82) is 0 Å². The molecule has 0 fully saturated rings. The van der Waals surface area contributed by atoms with Gasteiger partial charge in [0.1, 0.15) is 0 Å². The van der Waals surface area contributed by atoms with Crippen molar-refractivity contribution >= 4 is 0 Å². The summed E-state index contributed by atoms with van der Waals surface area (Å²) >= 11 is 0. The standard InChI is InChI=1S/C9H14N2O3/c1-13-8-3-6(7(10)5-12)4-9(11-8)14-2/h3-4,7,12H,5,10H2,1-2H3. The Morgan fingerprint density at radius 3 is 2.21 bits per heavy atom. The van der Waals surface area contributed by atoms with Crippen LogP contribution in [-0.4, -0.2) is 30.9 Å². The Bertz CT molecular complexity index is 282. The average Bonchev–Trinajstić information content (AvgIpc) is 2.27. The summed E-state index contributed by atoms with van der Waals surface area (Å²) in [6.45, 7) is -0.129. The first-order chi connectivity index (χ1) is 6.71. The number of nitrogens with two attached hydrogens (primary N) is 1. The van der Waals surface area contributed by atoms with Crippen molar-refractivity contribution < 1.29 is 14.6 Å². The number of pyridine rings is 1. The SMILES string of the molecule is COc1cc(C(N)CO)cc(OC)n1. The van der Waals surface area contributed by atoms with E-state index < -0.39 is 6.04 Å². The summed E-state index contributed by atoms with van der Waals surface area (Å²) in [4.78, 5) is 4.01. The lowest BCUT2D eigenvalue weighted by Gasteiger charge is -2.11. The number of ether oxygens (including phenoxy) is 2. The first-order valence-electron chi connectivity index (χ1n) is 4.17. The molecule has 0 aliphatic rings. The Balaban J connectivity index is 3.04. The molecule has 0 spiro atoms. The van der Waals surface area contributed by atoms with Crippen LogP contribution in [0.15, 0.2) is 12.1 Å². The van der Waals surface area contributed by atoms with E-state index in [1.807, 2.05) is 0 Å². The number of nitrogens with zero attached hydrogens (tertiary/aromatic N) is 1. The fraction of sp³-hybridized carbons (Fsp3) is 0.444. The Morgan fingerprint density at radius 2 is 1.86 bits per heavy atom. The fourth-order valence-electron chi connectivity index (χ4n) is 1.03. The normalized spacial score (nSPS) is 12.3. The summed E-state index contributed by atoms with van der Waals surface area (Å²) in [6.07, 6.45) is 0. The molecule has 0 amide bonds. The molecule has 0 aliphatic carbocycles. The molecule has 0 saturated carbocycles. The third kappa shape index (κ3) is 2.34. The smallest absolute Gasteiger partial charge is 0.216 e. The van der Waals surface area contributed by atoms with E-state index >= 15 is 0 Å². The molecule has 1 atom stereocenters. The van der Waals surface area contributed by atoms with E-state index in [4.69, 9.17) is 20.3 Å². The number of aliphatic hydroxyl groups is 1. The average molecular weight is 198 g/mol. The maximum absolute atomic E-state index is 8.89. The minimum absolute atomic E-state index is 0.129. The van der Waals surface area contributed by atoms with Crippen LogP contribution in [0.1, 0.15) is 11.6 Å². The Morgan fingerprint density at radius 1 is 1.36 bits per heavy atom. The molecule has 1 aromatic heterocycles. The van der Waals surface area contributed by atoms with Gasteiger partial charge in [-0.2, -0.15) is 4.98 Å². The number of aromatic nitrogens is 1. The molecular weight excluding hydrogens is 184 g/mol. The van der Waals surface area contributed by atoms with Gasteiger partial charge in [-0.05, 0) is 5.56 Å². The van der Waals surface area contributed by atoms with Crippen molar-refractivity contribution in [2.45, 2.75) is 6.04 Å². The van der Waals surface area contributed by atoms with Crippen LogP contribution in [0.2, 0.25) is 0 Å². The Kier molecular flexibility index (Phi) is 3.67. The van der Waals surface area contributed by atoms with Crippen LogP contribution in [0.25, 0.3) is 0 Å². The molecule has 5 nitrogen and oxygen atoms in total. The van der Waals surface area contributed by atoms with Crippen molar-refractivity contribution in [3.8, 4) is 11.8 Å². The zero-order valence-electron chi connectivity index (χ0n) is 8.23. The molecule has 1 aromatic rings. The maximum atomic E-state index is 8.89. The van der Waals surface area contributed by atoms with Crippen LogP contribution in [0.4, 0.5) is 0 Å². The fourth-order valence-corrected chi connectivity index (χ4v) is 1.03. The van der Waals surface area contributed by atoms with E-state index in [0.29, 0.717) is 11.8 Å². The van der Waals surface area contributed by atoms with E-state index in [0.717, 1.165) is 5.56 Å². The van der Waals surface area contributed by atoms with Gasteiger partial charge < -0.3 is 20.3 Å². The minimum atomic E-state index is -0.444. The van der Waals surface area contributed by atoms with Crippen LogP contribution in [0.3, 0.4) is 0 Å². The molecule has 3 N–H and O–H groups in total. The van der Waals surface area contributed by atoms with Crippen LogP contribution in [0.5, 0.6) is 11.8 Å². The van der Waals surface area contributed by atoms with Gasteiger partial charge in [0.15, 0.2) is 0 Å². The Labute approximate surface area is 82.5 Å². The number of hydrogen-bond acceptors (Lipinski definition) is 5. The Hall–Kier alpha value is -1.33. The zero-order valence-corrected chi connectivity index (χ0v) is 8.23. The summed E-state index contributed by atoms with van der Waals surface area (Å²) < 4.78 is 9.93. The lowest BCUT2D eigenvalue weighted by atomic mass is 10.1.